The van der Waals surface area contributed by atoms with Gasteiger partial charge in [0, 0.05) is 19.2 Å². The van der Waals surface area contributed by atoms with Crippen LogP contribution in [0.15, 0.2) is 6.20 Å². The van der Waals surface area contributed by atoms with Gasteiger partial charge in [-0.05, 0) is 31.6 Å². The Labute approximate surface area is 101 Å². The highest BCUT2D eigenvalue weighted by molar-refractivity contribution is 5.66. The lowest BCUT2D eigenvalue weighted by atomic mass is 10.1. The molecule has 1 saturated carbocycles. The van der Waals surface area contributed by atoms with E-state index in [1.807, 2.05) is 10.9 Å². The summed E-state index contributed by atoms with van der Waals surface area (Å²) < 4.78 is 1.91. The van der Waals surface area contributed by atoms with Crippen LogP contribution in [-0.4, -0.2) is 26.1 Å². The molecule has 1 aliphatic carbocycles. The van der Waals surface area contributed by atoms with Gasteiger partial charge in [-0.2, -0.15) is 0 Å². The van der Waals surface area contributed by atoms with Crippen molar-refractivity contribution in [3.05, 3.63) is 11.9 Å². The summed E-state index contributed by atoms with van der Waals surface area (Å²) in [6.07, 6.45) is 8.60. The first-order valence-electron chi connectivity index (χ1n) is 6.35. The molecule has 0 radical (unpaired) electrons. The lowest BCUT2D eigenvalue weighted by molar-refractivity contribution is -0.137. The summed E-state index contributed by atoms with van der Waals surface area (Å²) in [5.41, 5.74) is 0.978. The minimum absolute atomic E-state index is 0.246. The number of unbranched alkanes of at least 4 members (excludes halogenated alkanes) is 1. The second-order valence-electron chi connectivity index (χ2n) is 4.81. The largest absolute Gasteiger partial charge is 0.481 e. The van der Waals surface area contributed by atoms with Crippen LogP contribution in [0.2, 0.25) is 0 Å². The molecule has 0 bridgehead atoms. The Morgan fingerprint density at radius 3 is 3.00 bits per heavy atom. The first kappa shape index (κ1) is 12.1. The molecule has 0 saturated heterocycles. The molecule has 0 amide bonds. The van der Waals surface area contributed by atoms with Gasteiger partial charge in [-0.15, -0.1) is 5.10 Å². The lowest BCUT2D eigenvalue weighted by Crippen LogP contribution is -1.99. The maximum absolute atomic E-state index is 10.3. The molecule has 0 atom stereocenters. The van der Waals surface area contributed by atoms with E-state index in [0.29, 0.717) is 6.42 Å². The zero-order valence-corrected chi connectivity index (χ0v) is 10.0. The van der Waals surface area contributed by atoms with Gasteiger partial charge in [0.2, 0.25) is 0 Å². The fourth-order valence-corrected chi connectivity index (χ4v) is 1.87. The number of aromatic nitrogens is 3. The van der Waals surface area contributed by atoms with E-state index < -0.39 is 5.97 Å². The van der Waals surface area contributed by atoms with Crippen LogP contribution in [0.4, 0.5) is 0 Å². The Morgan fingerprint density at radius 2 is 2.29 bits per heavy atom. The molecule has 0 unspecified atom stereocenters. The number of carboxylic acids is 1. The predicted molar refractivity (Wildman–Crippen MR) is 62.6 cm³/mol. The van der Waals surface area contributed by atoms with Gasteiger partial charge < -0.3 is 5.11 Å². The molecule has 0 spiro atoms. The molecule has 5 heteroatoms. The SMILES string of the molecule is O=C(O)CCCCc1cn(CCC2CC2)nn1. The summed E-state index contributed by atoms with van der Waals surface area (Å²) in [6.45, 7) is 0.965. The van der Waals surface area contributed by atoms with Gasteiger partial charge >= 0.3 is 5.97 Å². The Balaban J connectivity index is 1.64. The Kier molecular flexibility index (Phi) is 4.12. The van der Waals surface area contributed by atoms with E-state index in [1.165, 1.54) is 19.3 Å². The molecule has 17 heavy (non-hydrogen) atoms. The molecule has 0 aromatic carbocycles. The third kappa shape index (κ3) is 4.54. The standard InChI is InChI=1S/C12H19N3O2/c16-12(17)4-2-1-3-11-9-15(14-13-11)8-7-10-5-6-10/h9-10H,1-8H2,(H,16,17). The highest BCUT2D eigenvalue weighted by Crippen LogP contribution is 2.32. The normalized spacial score (nSPS) is 15.1. The number of carbonyl (C=O) groups is 1. The molecule has 1 fully saturated rings. The maximum atomic E-state index is 10.3. The number of aryl methyl sites for hydroxylation is 2. The lowest BCUT2D eigenvalue weighted by Gasteiger charge is -1.97. The van der Waals surface area contributed by atoms with Crippen LogP contribution in [0.3, 0.4) is 0 Å². The number of aliphatic carboxylic acids is 1. The van der Waals surface area contributed by atoms with Gasteiger partial charge in [0.1, 0.15) is 0 Å². The van der Waals surface area contributed by atoms with Crippen molar-refractivity contribution < 1.29 is 9.90 Å². The molecular formula is C12H19N3O2. The van der Waals surface area contributed by atoms with Gasteiger partial charge in [0.15, 0.2) is 0 Å². The van der Waals surface area contributed by atoms with E-state index in [4.69, 9.17) is 5.11 Å². The van der Waals surface area contributed by atoms with Gasteiger partial charge in [0.25, 0.3) is 0 Å². The second kappa shape index (κ2) is 5.80. The highest BCUT2D eigenvalue weighted by atomic mass is 16.4. The van der Waals surface area contributed by atoms with E-state index >= 15 is 0 Å². The van der Waals surface area contributed by atoms with Crippen molar-refractivity contribution in [1.29, 1.82) is 0 Å². The zero-order chi connectivity index (χ0) is 12.1. The van der Waals surface area contributed by atoms with Crippen molar-refractivity contribution in [3.8, 4) is 0 Å². The molecule has 5 nitrogen and oxygen atoms in total. The maximum Gasteiger partial charge on any atom is 0.303 e. The molecule has 0 aliphatic heterocycles. The van der Waals surface area contributed by atoms with Crippen molar-refractivity contribution in [2.24, 2.45) is 5.92 Å². The molecule has 1 heterocycles. The summed E-state index contributed by atoms with van der Waals surface area (Å²) in [5, 5.41) is 16.7. The van der Waals surface area contributed by atoms with Crippen molar-refractivity contribution in [2.45, 2.75) is 51.5 Å². The molecule has 1 aromatic rings. The van der Waals surface area contributed by atoms with Crippen LogP contribution < -0.4 is 0 Å². The molecule has 1 aromatic heterocycles. The summed E-state index contributed by atoms with van der Waals surface area (Å²) in [4.78, 5) is 10.3. The fourth-order valence-electron chi connectivity index (χ4n) is 1.87. The van der Waals surface area contributed by atoms with E-state index in [2.05, 4.69) is 10.3 Å². The van der Waals surface area contributed by atoms with Gasteiger partial charge in [-0.1, -0.05) is 18.1 Å². The van der Waals surface area contributed by atoms with E-state index in [9.17, 15) is 4.79 Å². The molecule has 94 valence electrons. The molecule has 2 rings (SSSR count). The first-order chi connectivity index (χ1) is 8.24. The molecule has 1 N–H and O–H groups in total. The average Bonchev–Trinajstić information content (AvgIpc) is 3.01. The first-order valence-corrected chi connectivity index (χ1v) is 6.35. The van der Waals surface area contributed by atoms with Crippen molar-refractivity contribution in [2.75, 3.05) is 0 Å². The van der Waals surface area contributed by atoms with Crippen LogP contribution in [-0.2, 0) is 17.8 Å². The monoisotopic (exact) mass is 237 g/mol. The topological polar surface area (TPSA) is 68.0 Å². The summed E-state index contributed by atoms with van der Waals surface area (Å²) in [5.74, 6) is 0.191. The van der Waals surface area contributed by atoms with Gasteiger partial charge in [-0.25, -0.2) is 0 Å². The van der Waals surface area contributed by atoms with Crippen LogP contribution >= 0.6 is 0 Å². The van der Waals surface area contributed by atoms with Crippen molar-refractivity contribution in [1.82, 2.24) is 15.0 Å². The number of nitrogens with zero attached hydrogens (tertiary/aromatic N) is 3. The number of rotatable bonds is 8. The third-order valence-electron chi connectivity index (χ3n) is 3.12. The van der Waals surface area contributed by atoms with Crippen LogP contribution in [0.1, 0.15) is 44.2 Å². The Morgan fingerprint density at radius 1 is 1.47 bits per heavy atom. The minimum atomic E-state index is -0.724. The second-order valence-corrected chi connectivity index (χ2v) is 4.81. The highest BCUT2D eigenvalue weighted by Gasteiger charge is 2.20. The van der Waals surface area contributed by atoms with Crippen LogP contribution in [0.25, 0.3) is 0 Å². The minimum Gasteiger partial charge on any atom is -0.481 e. The zero-order valence-electron chi connectivity index (χ0n) is 10.0. The van der Waals surface area contributed by atoms with Gasteiger partial charge in [0.05, 0.1) is 5.69 Å². The summed E-state index contributed by atoms with van der Waals surface area (Å²) in [6, 6.07) is 0. The third-order valence-corrected chi connectivity index (χ3v) is 3.12. The van der Waals surface area contributed by atoms with Crippen molar-refractivity contribution >= 4 is 5.97 Å². The van der Waals surface area contributed by atoms with E-state index in [1.54, 1.807) is 0 Å². The predicted octanol–water partition coefficient (Wildman–Crippen LogP) is 1.88. The number of carboxylic acid groups (broad SMARTS) is 1. The molecular weight excluding hydrogens is 218 g/mol. The van der Waals surface area contributed by atoms with Crippen LogP contribution in [0.5, 0.6) is 0 Å². The Hall–Kier alpha value is -1.39. The Bertz CT molecular complexity index is 372. The number of hydrogen-bond donors (Lipinski definition) is 1. The quantitative estimate of drug-likeness (QED) is 0.701. The number of hydrogen-bond acceptors (Lipinski definition) is 3. The van der Waals surface area contributed by atoms with Crippen LogP contribution in [0, 0.1) is 5.92 Å². The fraction of sp³-hybridized carbons (Fsp3) is 0.750. The van der Waals surface area contributed by atoms with Gasteiger partial charge in [-0.3, -0.25) is 9.48 Å². The molecule has 1 aliphatic rings. The smallest absolute Gasteiger partial charge is 0.303 e. The van der Waals surface area contributed by atoms with E-state index in [-0.39, 0.29) is 6.42 Å². The van der Waals surface area contributed by atoms with E-state index in [0.717, 1.165) is 31.0 Å². The average molecular weight is 237 g/mol. The van der Waals surface area contributed by atoms with Crippen molar-refractivity contribution in [3.63, 3.8) is 0 Å². The summed E-state index contributed by atoms with van der Waals surface area (Å²) in [7, 11) is 0. The summed E-state index contributed by atoms with van der Waals surface area (Å²) >= 11 is 0.